The molecule has 0 spiro atoms. The molecule has 0 heterocycles. The quantitative estimate of drug-likeness (QED) is 0.190. The fourth-order valence-electron chi connectivity index (χ4n) is 2.00. The molecule has 0 aromatic heterocycles. The van der Waals surface area contributed by atoms with Gasteiger partial charge in [0.2, 0.25) is 0 Å². The fourth-order valence-corrected chi connectivity index (χ4v) is 3.89. The summed E-state index contributed by atoms with van der Waals surface area (Å²) in [6.07, 6.45) is 4.19. The molecule has 0 unspecified atom stereocenters. The van der Waals surface area contributed by atoms with Gasteiger partial charge < -0.3 is 5.11 Å². The smallest absolute Gasteiger partial charge is 0.0679 e. The van der Waals surface area contributed by atoms with Crippen molar-refractivity contribution >= 4 is 56.9 Å². The molecular weight excluding hydrogens is 498 g/mol. The molecule has 0 aliphatic carbocycles. The van der Waals surface area contributed by atoms with Crippen molar-refractivity contribution in [3.8, 4) is 0 Å². The van der Waals surface area contributed by atoms with Crippen LogP contribution in [0.15, 0.2) is 0 Å². The first-order chi connectivity index (χ1) is 9.12. The van der Waals surface area contributed by atoms with Crippen molar-refractivity contribution in [3.05, 3.63) is 0 Å². The van der Waals surface area contributed by atoms with E-state index in [0.717, 1.165) is 31.9 Å². The lowest BCUT2D eigenvalue weighted by atomic mass is 10.2. The van der Waals surface area contributed by atoms with Gasteiger partial charge in [0.1, 0.15) is 0 Å². The normalized spacial score (nSPS) is 13.5. The standard InChI is InChI=1S/C14H30I2N2OS/c1-13(2,15)17(10-7-11-19)8-6-9-18(12-20-5)14(3,4)16/h19H,6-12H2,1-5H3. The maximum absolute atomic E-state index is 9.03. The van der Waals surface area contributed by atoms with E-state index >= 15 is 0 Å². The van der Waals surface area contributed by atoms with E-state index in [2.05, 4.69) is 88.9 Å². The van der Waals surface area contributed by atoms with E-state index in [1.165, 1.54) is 6.42 Å². The summed E-state index contributed by atoms with van der Waals surface area (Å²) in [4.78, 5) is 5.00. The molecule has 122 valence electrons. The van der Waals surface area contributed by atoms with Crippen LogP contribution in [0.4, 0.5) is 0 Å². The van der Waals surface area contributed by atoms with Crippen molar-refractivity contribution in [2.24, 2.45) is 0 Å². The third-order valence-electron chi connectivity index (χ3n) is 3.23. The zero-order valence-corrected chi connectivity index (χ0v) is 18.6. The topological polar surface area (TPSA) is 26.7 Å². The summed E-state index contributed by atoms with van der Waals surface area (Å²) in [6.45, 7) is 12.5. The van der Waals surface area contributed by atoms with Crippen molar-refractivity contribution in [1.82, 2.24) is 9.80 Å². The number of thioether (sulfide) groups is 1. The summed E-state index contributed by atoms with van der Waals surface area (Å²) in [6, 6.07) is 0. The molecule has 20 heavy (non-hydrogen) atoms. The highest BCUT2D eigenvalue weighted by Gasteiger charge is 2.25. The average Bonchev–Trinajstić information content (AvgIpc) is 2.29. The minimum absolute atomic E-state index is 0.150. The highest BCUT2D eigenvalue weighted by molar-refractivity contribution is 14.1. The van der Waals surface area contributed by atoms with Crippen molar-refractivity contribution in [1.29, 1.82) is 0 Å². The minimum atomic E-state index is 0.150. The Hall–Kier alpha value is 1.69. The molecule has 0 saturated heterocycles. The second kappa shape index (κ2) is 10.5. The van der Waals surface area contributed by atoms with Crippen LogP contribution in [0.2, 0.25) is 0 Å². The van der Waals surface area contributed by atoms with Gasteiger partial charge in [-0.25, -0.2) is 0 Å². The molecule has 0 aliphatic heterocycles. The lowest BCUT2D eigenvalue weighted by molar-refractivity contribution is 0.165. The van der Waals surface area contributed by atoms with Gasteiger partial charge in [-0.3, -0.25) is 9.80 Å². The van der Waals surface area contributed by atoms with Crippen LogP contribution >= 0.6 is 56.9 Å². The van der Waals surface area contributed by atoms with Crippen LogP contribution in [0.3, 0.4) is 0 Å². The molecule has 0 radical (unpaired) electrons. The van der Waals surface area contributed by atoms with Crippen molar-refractivity contribution in [2.75, 3.05) is 38.4 Å². The average molecular weight is 528 g/mol. The van der Waals surface area contributed by atoms with Crippen LogP contribution in [0.1, 0.15) is 40.5 Å². The molecule has 0 aromatic carbocycles. The first-order valence-electron chi connectivity index (χ1n) is 7.10. The van der Waals surface area contributed by atoms with Gasteiger partial charge in [0.25, 0.3) is 0 Å². The Kier molecular flexibility index (Phi) is 11.3. The predicted molar refractivity (Wildman–Crippen MR) is 109 cm³/mol. The highest BCUT2D eigenvalue weighted by atomic mass is 127. The summed E-state index contributed by atoms with van der Waals surface area (Å²) < 4.78 is 0.355. The number of nitrogens with zero attached hydrogens (tertiary/aromatic N) is 2. The number of alkyl halides is 2. The number of rotatable bonds is 11. The van der Waals surface area contributed by atoms with Gasteiger partial charge in [-0.2, -0.15) is 0 Å². The van der Waals surface area contributed by atoms with Gasteiger partial charge in [0.15, 0.2) is 0 Å². The molecule has 0 amide bonds. The van der Waals surface area contributed by atoms with Crippen molar-refractivity contribution < 1.29 is 5.11 Å². The van der Waals surface area contributed by atoms with Gasteiger partial charge >= 0.3 is 0 Å². The first-order valence-corrected chi connectivity index (χ1v) is 10.7. The molecule has 0 fully saturated rings. The Labute approximate surface area is 156 Å². The van der Waals surface area contributed by atoms with E-state index in [-0.39, 0.29) is 13.7 Å². The molecular formula is C14H30I2N2OS. The first kappa shape index (κ1) is 21.7. The molecule has 0 rings (SSSR count). The zero-order valence-electron chi connectivity index (χ0n) is 13.5. The molecule has 1 N–H and O–H groups in total. The summed E-state index contributed by atoms with van der Waals surface area (Å²) in [5.41, 5.74) is 0. The number of aliphatic hydroxyl groups is 1. The van der Waals surface area contributed by atoms with Crippen LogP contribution in [-0.4, -0.2) is 60.4 Å². The Morgan fingerprint density at radius 2 is 1.35 bits per heavy atom. The minimum Gasteiger partial charge on any atom is -0.396 e. The molecule has 3 nitrogen and oxygen atoms in total. The van der Waals surface area contributed by atoms with Crippen LogP contribution in [0.25, 0.3) is 0 Å². The maximum Gasteiger partial charge on any atom is 0.0679 e. The summed E-state index contributed by atoms with van der Waals surface area (Å²) in [5.74, 6) is 1.08. The summed E-state index contributed by atoms with van der Waals surface area (Å²) >= 11 is 6.90. The van der Waals surface area contributed by atoms with E-state index < -0.39 is 0 Å². The summed E-state index contributed by atoms with van der Waals surface area (Å²) in [5, 5.41) is 9.03. The van der Waals surface area contributed by atoms with Gasteiger partial charge in [-0.1, -0.05) is 45.2 Å². The Morgan fingerprint density at radius 3 is 1.75 bits per heavy atom. The van der Waals surface area contributed by atoms with E-state index in [0.29, 0.717) is 0 Å². The second-order valence-corrected chi connectivity index (χ2v) is 12.0. The molecule has 0 bridgehead atoms. The van der Waals surface area contributed by atoms with E-state index in [9.17, 15) is 0 Å². The molecule has 0 aliphatic rings. The van der Waals surface area contributed by atoms with E-state index in [1.807, 2.05) is 11.8 Å². The maximum atomic E-state index is 9.03. The molecule has 0 aromatic rings. The Balaban J connectivity index is 4.33. The van der Waals surface area contributed by atoms with E-state index in [1.54, 1.807) is 0 Å². The third-order valence-corrected chi connectivity index (χ3v) is 5.17. The van der Waals surface area contributed by atoms with Gasteiger partial charge in [0.05, 0.1) is 7.09 Å². The van der Waals surface area contributed by atoms with Gasteiger partial charge in [-0.15, -0.1) is 11.8 Å². The number of hydrogen-bond donors (Lipinski definition) is 1. The van der Waals surface area contributed by atoms with Crippen molar-refractivity contribution in [3.63, 3.8) is 0 Å². The summed E-state index contributed by atoms with van der Waals surface area (Å²) in [7, 11) is 0. The van der Waals surface area contributed by atoms with Crippen LogP contribution < -0.4 is 0 Å². The monoisotopic (exact) mass is 528 g/mol. The van der Waals surface area contributed by atoms with Crippen LogP contribution in [-0.2, 0) is 0 Å². The molecule has 6 heteroatoms. The van der Waals surface area contributed by atoms with Gasteiger partial charge in [0, 0.05) is 32.1 Å². The fraction of sp³-hybridized carbons (Fsp3) is 1.00. The number of aliphatic hydroxyl groups excluding tert-OH is 1. The lowest BCUT2D eigenvalue weighted by Gasteiger charge is -2.37. The number of halogens is 2. The Bertz CT molecular complexity index is 255. The zero-order chi connectivity index (χ0) is 15.8. The molecule has 0 atom stereocenters. The third kappa shape index (κ3) is 9.66. The molecule has 0 saturated carbocycles. The predicted octanol–water partition coefficient (Wildman–Crippen LogP) is 4.03. The highest BCUT2D eigenvalue weighted by Crippen LogP contribution is 2.26. The second-order valence-electron chi connectivity index (χ2n) is 5.92. The lowest BCUT2D eigenvalue weighted by Crippen LogP contribution is -2.43. The SMILES string of the molecule is CSCN(CCCN(CCCO)C(C)(C)I)C(C)(C)I. The van der Waals surface area contributed by atoms with E-state index in [4.69, 9.17) is 5.11 Å². The van der Waals surface area contributed by atoms with Gasteiger partial charge in [-0.05, 0) is 46.8 Å². The number of hydrogen-bond acceptors (Lipinski definition) is 4. The van der Waals surface area contributed by atoms with Crippen LogP contribution in [0, 0.1) is 0 Å². The van der Waals surface area contributed by atoms with Crippen molar-refractivity contribution in [2.45, 2.75) is 47.6 Å². The largest absolute Gasteiger partial charge is 0.396 e. The van der Waals surface area contributed by atoms with Crippen LogP contribution in [0.5, 0.6) is 0 Å². The Morgan fingerprint density at radius 1 is 0.900 bits per heavy atom.